The summed E-state index contributed by atoms with van der Waals surface area (Å²) in [7, 11) is 3.48. The van der Waals surface area contributed by atoms with Crippen molar-refractivity contribution in [2.75, 3.05) is 27.3 Å². The molecule has 0 aromatic rings. The first kappa shape index (κ1) is 13.5. The minimum Gasteiger partial charge on any atom is -0.393 e. The van der Waals surface area contributed by atoms with E-state index in [0.717, 1.165) is 19.3 Å². The van der Waals surface area contributed by atoms with Gasteiger partial charge in [-0.25, -0.2) is 0 Å². The molecule has 1 saturated carbocycles. The van der Waals surface area contributed by atoms with E-state index in [-0.39, 0.29) is 17.4 Å². The average molecular weight is 229 g/mol. The van der Waals surface area contributed by atoms with Gasteiger partial charge in [0.25, 0.3) is 0 Å². The Kier molecular flexibility index (Phi) is 4.74. The van der Waals surface area contributed by atoms with E-state index in [4.69, 9.17) is 4.74 Å². The van der Waals surface area contributed by atoms with Crippen LogP contribution in [0.1, 0.15) is 32.6 Å². The number of aliphatic hydroxyl groups excluding tert-OH is 1. The summed E-state index contributed by atoms with van der Waals surface area (Å²) in [6, 6.07) is 0. The summed E-state index contributed by atoms with van der Waals surface area (Å²) in [5.41, 5.74) is -0.149. The molecular weight excluding hydrogens is 206 g/mol. The van der Waals surface area contributed by atoms with Gasteiger partial charge in [-0.1, -0.05) is 0 Å². The van der Waals surface area contributed by atoms with Gasteiger partial charge in [-0.3, -0.25) is 4.79 Å². The van der Waals surface area contributed by atoms with Crippen LogP contribution in [0.2, 0.25) is 0 Å². The van der Waals surface area contributed by atoms with Crippen molar-refractivity contribution in [1.82, 2.24) is 4.90 Å². The standard InChI is InChI=1S/C12H23NO3/c1-10(14)4-8-13(2)11(15)12(5-6-12)7-9-16-3/h10,14H,4-9H2,1-3H3. The zero-order chi connectivity index (χ0) is 12.2. The van der Waals surface area contributed by atoms with Crippen LogP contribution in [-0.2, 0) is 9.53 Å². The second-order valence-corrected chi connectivity index (χ2v) is 4.89. The number of carbonyl (C=O) groups is 1. The van der Waals surface area contributed by atoms with Gasteiger partial charge in [0.2, 0.25) is 5.91 Å². The van der Waals surface area contributed by atoms with E-state index in [1.54, 1.807) is 18.9 Å². The first-order valence-electron chi connectivity index (χ1n) is 5.94. The zero-order valence-corrected chi connectivity index (χ0v) is 10.5. The molecule has 1 atom stereocenters. The van der Waals surface area contributed by atoms with Crippen molar-refractivity contribution in [3.8, 4) is 0 Å². The molecule has 0 aromatic heterocycles. The Morgan fingerprint density at radius 2 is 2.19 bits per heavy atom. The summed E-state index contributed by atoms with van der Waals surface area (Å²) in [5.74, 6) is 0.213. The third-order valence-electron chi connectivity index (χ3n) is 3.32. The summed E-state index contributed by atoms with van der Waals surface area (Å²) in [5, 5.41) is 9.18. The van der Waals surface area contributed by atoms with Gasteiger partial charge in [0.1, 0.15) is 0 Å². The first-order valence-corrected chi connectivity index (χ1v) is 5.94. The van der Waals surface area contributed by atoms with E-state index in [1.165, 1.54) is 0 Å². The second kappa shape index (κ2) is 5.64. The molecule has 16 heavy (non-hydrogen) atoms. The van der Waals surface area contributed by atoms with Crippen molar-refractivity contribution in [2.45, 2.75) is 38.7 Å². The number of carbonyl (C=O) groups excluding carboxylic acids is 1. The topological polar surface area (TPSA) is 49.8 Å². The highest BCUT2D eigenvalue weighted by Gasteiger charge is 2.50. The van der Waals surface area contributed by atoms with Gasteiger partial charge in [0.15, 0.2) is 0 Å². The molecule has 0 spiro atoms. The monoisotopic (exact) mass is 229 g/mol. The first-order chi connectivity index (χ1) is 7.52. The van der Waals surface area contributed by atoms with E-state index in [2.05, 4.69) is 0 Å². The number of amides is 1. The largest absolute Gasteiger partial charge is 0.393 e. The van der Waals surface area contributed by atoms with E-state index < -0.39 is 0 Å². The van der Waals surface area contributed by atoms with E-state index in [0.29, 0.717) is 19.6 Å². The molecule has 94 valence electrons. The smallest absolute Gasteiger partial charge is 0.228 e. The van der Waals surface area contributed by atoms with Gasteiger partial charge >= 0.3 is 0 Å². The number of ether oxygens (including phenoxy) is 1. The fourth-order valence-corrected chi connectivity index (χ4v) is 1.91. The molecular formula is C12H23NO3. The third kappa shape index (κ3) is 3.46. The Hall–Kier alpha value is -0.610. The maximum atomic E-state index is 12.1. The summed E-state index contributed by atoms with van der Waals surface area (Å²) in [6.45, 7) is 3.03. The molecule has 1 amide bonds. The number of aliphatic hydroxyl groups is 1. The van der Waals surface area contributed by atoms with E-state index in [1.807, 2.05) is 7.05 Å². The van der Waals surface area contributed by atoms with Crippen LogP contribution in [0, 0.1) is 5.41 Å². The van der Waals surface area contributed by atoms with Crippen molar-refractivity contribution < 1.29 is 14.6 Å². The molecule has 0 bridgehead atoms. The highest BCUT2D eigenvalue weighted by molar-refractivity contribution is 5.85. The van der Waals surface area contributed by atoms with Crippen LogP contribution in [0.25, 0.3) is 0 Å². The van der Waals surface area contributed by atoms with Gasteiger partial charge < -0.3 is 14.7 Å². The summed E-state index contributed by atoms with van der Waals surface area (Å²) in [6.07, 6.45) is 3.08. The zero-order valence-electron chi connectivity index (χ0n) is 10.5. The minimum absolute atomic E-state index is 0.149. The van der Waals surface area contributed by atoms with Gasteiger partial charge in [0.05, 0.1) is 11.5 Å². The molecule has 4 heteroatoms. The Morgan fingerprint density at radius 1 is 1.56 bits per heavy atom. The molecule has 0 saturated heterocycles. The number of hydrogen-bond acceptors (Lipinski definition) is 3. The number of rotatable bonds is 7. The number of methoxy groups -OCH3 is 1. The van der Waals surface area contributed by atoms with Crippen molar-refractivity contribution in [1.29, 1.82) is 0 Å². The minimum atomic E-state index is -0.343. The molecule has 1 fully saturated rings. The van der Waals surface area contributed by atoms with Crippen molar-refractivity contribution in [3.63, 3.8) is 0 Å². The van der Waals surface area contributed by atoms with Crippen LogP contribution in [-0.4, -0.2) is 49.3 Å². The van der Waals surface area contributed by atoms with Gasteiger partial charge in [-0.2, -0.15) is 0 Å². The molecule has 1 rings (SSSR count). The summed E-state index contributed by atoms with van der Waals surface area (Å²) >= 11 is 0. The van der Waals surface area contributed by atoms with E-state index in [9.17, 15) is 9.90 Å². The van der Waals surface area contributed by atoms with Gasteiger partial charge in [-0.15, -0.1) is 0 Å². The third-order valence-corrected chi connectivity index (χ3v) is 3.32. The molecule has 0 radical (unpaired) electrons. The lowest BCUT2D eigenvalue weighted by atomic mass is 10.0. The molecule has 1 aliphatic carbocycles. The van der Waals surface area contributed by atoms with Crippen LogP contribution in [0.15, 0.2) is 0 Å². The van der Waals surface area contributed by atoms with Gasteiger partial charge in [0, 0.05) is 27.3 Å². The molecule has 1 aliphatic rings. The molecule has 0 aromatic carbocycles. The van der Waals surface area contributed by atoms with Crippen LogP contribution in [0.3, 0.4) is 0 Å². The van der Waals surface area contributed by atoms with Crippen LogP contribution in [0.5, 0.6) is 0 Å². The molecule has 1 N–H and O–H groups in total. The van der Waals surface area contributed by atoms with Gasteiger partial charge in [-0.05, 0) is 32.6 Å². The molecule has 0 aliphatic heterocycles. The molecule has 4 nitrogen and oxygen atoms in total. The predicted octanol–water partition coefficient (Wildman–Crippen LogP) is 1.03. The van der Waals surface area contributed by atoms with Crippen molar-refractivity contribution in [2.24, 2.45) is 5.41 Å². The lowest BCUT2D eigenvalue weighted by Gasteiger charge is -2.23. The Morgan fingerprint density at radius 3 is 2.62 bits per heavy atom. The van der Waals surface area contributed by atoms with E-state index >= 15 is 0 Å². The van der Waals surface area contributed by atoms with Crippen LogP contribution in [0.4, 0.5) is 0 Å². The Labute approximate surface area is 97.6 Å². The number of nitrogens with zero attached hydrogens (tertiary/aromatic N) is 1. The van der Waals surface area contributed by atoms with Crippen LogP contribution < -0.4 is 0 Å². The fraction of sp³-hybridized carbons (Fsp3) is 0.917. The van der Waals surface area contributed by atoms with Crippen LogP contribution >= 0.6 is 0 Å². The maximum Gasteiger partial charge on any atom is 0.228 e. The lowest BCUT2D eigenvalue weighted by molar-refractivity contribution is -0.136. The highest BCUT2D eigenvalue weighted by Crippen LogP contribution is 2.50. The summed E-state index contributed by atoms with van der Waals surface area (Å²) < 4.78 is 5.04. The quantitative estimate of drug-likeness (QED) is 0.709. The molecule has 1 unspecified atom stereocenters. The number of hydrogen-bond donors (Lipinski definition) is 1. The van der Waals surface area contributed by atoms with Crippen molar-refractivity contribution >= 4 is 5.91 Å². The molecule has 0 heterocycles. The second-order valence-electron chi connectivity index (χ2n) is 4.89. The average Bonchev–Trinajstić information content (AvgIpc) is 3.03. The summed E-state index contributed by atoms with van der Waals surface area (Å²) in [4.78, 5) is 13.9. The normalized spacial score (nSPS) is 19.2. The highest BCUT2D eigenvalue weighted by atomic mass is 16.5. The maximum absolute atomic E-state index is 12.1. The predicted molar refractivity (Wildman–Crippen MR) is 62.1 cm³/mol. The fourth-order valence-electron chi connectivity index (χ4n) is 1.91. The SMILES string of the molecule is COCCC1(C(=O)N(C)CCC(C)O)CC1. The Bertz CT molecular complexity index is 236. The Balaban J connectivity index is 2.38. The lowest BCUT2D eigenvalue weighted by Crippen LogP contribution is -2.36. The van der Waals surface area contributed by atoms with Crippen molar-refractivity contribution in [3.05, 3.63) is 0 Å².